The second-order valence-electron chi connectivity index (χ2n) is 6.55. The van der Waals surface area contributed by atoms with Crippen molar-refractivity contribution in [2.24, 2.45) is 0 Å². The summed E-state index contributed by atoms with van der Waals surface area (Å²) in [5.74, 6) is 1.07. The molecule has 3 heterocycles. The van der Waals surface area contributed by atoms with Gasteiger partial charge in [0.15, 0.2) is 0 Å². The summed E-state index contributed by atoms with van der Waals surface area (Å²) < 4.78 is 2.08. The topological polar surface area (TPSA) is 38.1 Å². The molecule has 2 aliphatic heterocycles. The molecule has 0 saturated heterocycles. The lowest BCUT2D eigenvalue weighted by molar-refractivity contribution is 0.0665. The van der Waals surface area contributed by atoms with E-state index in [1.807, 2.05) is 17.9 Å². The van der Waals surface area contributed by atoms with Crippen LogP contribution in [0.15, 0.2) is 18.3 Å². The van der Waals surface area contributed by atoms with Crippen molar-refractivity contribution in [2.75, 3.05) is 6.54 Å². The van der Waals surface area contributed by atoms with Gasteiger partial charge in [-0.15, -0.1) is 0 Å². The standard InChI is InChI=1S/C18H19Cl2N3O/c1-11-14-8-12(19)9-15(20)13(14)5-7-22(11)18(24)16-10-21-17-4-2-3-6-23(16)17/h8-11H,2-7H2,1H3. The van der Waals surface area contributed by atoms with Crippen molar-refractivity contribution in [3.05, 3.63) is 51.0 Å². The van der Waals surface area contributed by atoms with Gasteiger partial charge >= 0.3 is 0 Å². The average Bonchev–Trinajstić information content (AvgIpc) is 2.99. The molecule has 0 spiro atoms. The number of carbonyl (C=O) groups excluding carboxylic acids is 1. The number of aromatic nitrogens is 2. The Kier molecular flexibility index (Phi) is 4.05. The summed E-state index contributed by atoms with van der Waals surface area (Å²) in [4.78, 5) is 19.5. The number of halogens is 2. The highest BCUT2D eigenvalue weighted by Crippen LogP contribution is 2.36. The van der Waals surface area contributed by atoms with Crippen LogP contribution < -0.4 is 0 Å². The fourth-order valence-electron chi connectivity index (χ4n) is 3.87. The molecule has 0 saturated carbocycles. The number of amides is 1. The first kappa shape index (κ1) is 16.0. The highest BCUT2D eigenvalue weighted by molar-refractivity contribution is 6.35. The van der Waals surface area contributed by atoms with E-state index in [1.165, 1.54) is 0 Å². The number of nitrogens with zero attached hydrogens (tertiary/aromatic N) is 3. The van der Waals surface area contributed by atoms with Gasteiger partial charge in [-0.3, -0.25) is 4.79 Å². The maximum atomic E-state index is 13.1. The van der Waals surface area contributed by atoms with E-state index in [9.17, 15) is 4.79 Å². The monoisotopic (exact) mass is 363 g/mol. The fraction of sp³-hybridized carbons (Fsp3) is 0.444. The lowest BCUT2D eigenvalue weighted by Crippen LogP contribution is -2.40. The van der Waals surface area contributed by atoms with Crippen LogP contribution in [0.5, 0.6) is 0 Å². The Morgan fingerprint density at radius 2 is 2.04 bits per heavy atom. The third-order valence-electron chi connectivity index (χ3n) is 5.17. The maximum Gasteiger partial charge on any atom is 0.272 e. The minimum absolute atomic E-state index is 0.0462. The highest BCUT2D eigenvalue weighted by atomic mass is 35.5. The number of aryl methyl sites for hydroxylation is 1. The zero-order valence-corrected chi connectivity index (χ0v) is 15.1. The van der Waals surface area contributed by atoms with Gasteiger partial charge < -0.3 is 9.47 Å². The highest BCUT2D eigenvalue weighted by Gasteiger charge is 2.32. The Balaban J connectivity index is 1.68. The lowest BCUT2D eigenvalue weighted by atomic mass is 9.93. The van der Waals surface area contributed by atoms with E-state index < -0.39 is 0 Å². The molecule has 1 amide bonds. The molecule has 0 N–H and O–H groups in total. The predicted octanol–water partition coefficient (Wildman–Crippen LogP) is 4.29. The Morgan fingerprint density at radius 3 is 2.88 bits per heavy atom. The van der Waals surface area contributed by atoms with Crippen LogP contribution in [-0.2, 0) is 19.4 Å². The molecule has 2 aliphatic rings. The number of carbonyl (C=O) groups is 1. The molecule has 1 atom stereocenters. The number of hydrogen-bond donors (Lipinski definition) is 0. The molecule has 4 rings (SSSR count). The Labute approximate surface area is 151 Å². The van der Waals surface area contributed by atoms with Crippen LogP contribution >= 0.6 is 23.2 Å². The van der Waals surface area contributed by atoms with Crippen molar-refractivity contribution in [3.8, 4) is 0 Å². The van der Waals surface area contributed by atoms with Crippen LogP contribution in [0.2, 0.25) is 10.0 Å². The third-order valence-corrected chi connectivity index (χ3v) is 5.72. The van der Waals surface area contributed by atoms with E-state index in [0.29, 0.717) is 22.3 Å². The Bertz CT molecular complexity index is 815. The summed E-state index contributed by atoms with van der Waals surface area (Å²) >= 11 is 12.5. The summed E-state index contributed by atoms with van der Waals surface area (Å²) in [5.41, 5.74) is 2.85. The molecule has 4 nitrogen and oxygen atoms in total. The van der Waals surface area contributed by atoms with Gasteiger partial charge in [-0.1, -0.05) is 23.2 Å². The smallest absolute Gasteiger partial charge is 0.272 e. The van der Waals surface area contributed by atoms with Crippen molar-refractivity contribution in [3.63, 3.8) is 0 Å². The predicted molar refractivity (Wildman–Crippen MR) is 94.8 cm³/mol. The summed E-state index contributed by atoms with van der Waals surface area (Å²) in [5, 5.41) is 1.31. The minimum Gasteiger partial charge on any atom is -0.330 e. The van der Waals surface area contributed by atoms with E-state index in [-0.39, 0.29) is 11.9 Å². The molecule has 24 heavy (non-hydrogen) atoms. The van der Waals surface area contributed by atoms with Gasteiger partial charge in [0.1, 0.15) is 11.5 Å². The maximum absolute atomic E-state index is 13.1. The largest absolute Gasteiger partial charge is 0.330 e. The van der Waals surface area contributed by atoms with Crippen LogP contribution in [0.1, 0.15) is 53.2 Å². The molecule has 1 unspecified atom stereocenters. The van der Waals surface area contributed by atoms with Gasteiger partial charge in [-0.2, -0.15) is 0 Å². The van der Waals surface area contributed by atoms with E-state index in [0.717, 1.165) is 49.2 Å². The van der Waals surface area contributed by atoms with Gasteiger partial charge in [0.25, 0.3) is 5.91 Å². The Morgan fingerprint density at radius 1 is 1.21 bits per heavy atom. The van der Waals surface area contributed by atoms with Crippen LogP contribution in [0, 0.1) is 0 Å². The van der Waals surface area contributed by atoms with Crippen LogP contribution in [0.25, 0.3) is 0 Å². The lowest BCUT2D eigenvalue weighted by Gasteiger charge is -2.36. The molecule has 1 aromatic carbocycles. The van der Waals surface area contributed by atoms with Gasteiger partial charge in [0.2, 0.25) is 0 Å². The number of hydrogen-bond acceptors (Lipinski definition) is 2. The van der Waals surface area contributed by atoms with Crippen LogP contribution in [0.4, 0.5) is 0 Å². The summed E-state index contributed by atoms with van der Waals surface area (Å²) in [7, 11) is 0. The van der Waals surface area contributed by atoms with Crippen molar-refractivity contribution in [1.82, 2.24) is 14.5 Å². The minimum atomic E-state index is -0.0489. The van der Waals surface area contributed by atoms with Crippen molar-refractivity contribution in [2.45, 2.75) is 45.2 Å². The number of fused-ring (bicyclic) bond motifs is 2. The third kappa shape index (κ3) is 2.52. The normalized spacial score (nSPS) is 19.8. The Hall–Kier alpha value is -1.52. The molecule has 0 radical (unpaired) electrons. The number of imidazole rings is 1. The SMILES string of the molecule is CC1c2cc(Cl)cc(Cl)c2CCN1C(=O)c1cnc2n1CCCC2. The average molecular weight is 364 g/mol. The molecular weight excluding hydrogens is 345 g/mol. The summed E-state index contributed by atoms with van der Waals surface area (Å²) in [6.07, 6.45) is 5.69. The van der Waals surface area contributed by atoms with Gasteiger partial charge in [0, 0.05) is 29.6 Å². The molecule has 6 heteroatoms. The van der Waals surface area contributed by atoms with Crippen LogP contribution in [0.3, 0.4) is 0 Å². The van der Waals surface area contributed by atoms with Gasteiger partial charge in [-0.05, 0) is 49.4 Å². The first-order valence-corrected chi connectivity index (χ1v) is 9.15. The number of rotatable bonds is 1. The van der Waals surface area contributed by atoms with Gasteiger partial charge in [0.05, 0.1) is 12.2 Å². The first-order valence-electron chi connectivity index (χ1n) is 8.39. The molecule has 2 aromatic rings. The second-order valence-corrected chi connectivity index (χ2v) is 7.39. The molecule has 1 aromatic heterocycles. The van der Waals surface area contributed by atoms with E-state index in [4.69, 9.17) is 23.2 Å². The molecule has 0 fully saturated rings. The van der Waals surface area contributed by atoms with Crippen molar-refractivity contribution in [1.29, 1.82) is 0 Å². The van der Waals surface area contributed by atoms with Crippen LogP contribution in [-0.4, -0.2) is 26.9 Å². The van der Waals surface area contributed by atoms with Gasteiger partial charge in [-0.25, -0.2) is 4.98 Å². The second kappa shape index (κ2) is 6.08. The van der Waals surface area contributed by atoms with E-state index in [2.05, 4.69) is 9.55 Å². The fourth-order valence-corrected chi connectivity index (χ4v) is 4.47. The molecule has 0 aliphatic carbocycles. The molecular formula is C18H19Cl2N3O. The zero-order chi connectivity index (χ0) is 16.8. The van der Waals surface area contributed by atoms with E-state index >= 15 is 0 Å². The first-order chi connectivity index (χ1) is 11.6. The summed E-state index contributed by atoms with van der Waals surface area (Å²) in [6, 6.07) is 3.66. The summed E-state index contributed by atoms with van der Waals surface area (Å²) in [6.45, 7) is 3.58. The van der Waals surface area contributed by atoms with Crippen molar-refractivity contribution >= 4 is 29.1 Å². The zero-order valence-electron chi connectivity index (χ0n) is 13.6. The quantitative estimate of drug-likeness (QED) is 0.757. The molecule has 126 valence electrons. The molecule has 0 bridgehead atoms. The van der Waals surface area contributed by atoms with E-state index in [1.54, 1.807) is 12.3 Å². The van der Waals surface area contributed by atoms with Crippen molar-refractivity contribution < 1.29 is 4.79 Å². The number of benzene rings is 1.